The van der Waals surface area contributed by atoms with Gasteiger partial charge in [0.2, 0.25) is 0 Å². The van der Waals surface area contributed by atoms with Crippen LogP contribution in [0.3, 0.4) is 0 Å². The third kappa shape index (κ3) is 4.30. The smallest absolute Gasteiger partial charge is 0.117 e. The van der Waals surface area contributed by atoms with E-state index in [0.717, 1.165) is 12.1 Å². The lowest BCUT2D eigenvalue weighted by atomic mass is 10.1. The molecule has 0 saturated carbocycles. The lowest BCUT2D eigenvalue weighted by Gasteiger charge is -2.10. The van der Waals surface area contributed by atoms with Crippen molar-refractivity contribution in [1.29, 1.82) is 0 Å². The summed E-state index contributed by atoms with van der Waals surface area (Å²) in [6, 6.07) is 19.8. The number of halogens is 1. The summed E-state index contributed by atoms with van der Waals surface area (Å²) in [6.45, 7) is 1.11. The van der Waals surface area contributed by atoms with Crippen molar-refractivity contribution in [2.75, 3.05) is 6.54 Å². The summed E-state index contributed by atoms with van der Waals surface area (Å²) in [5, 5.41) is 3.15. The Hall–Kier alpha value is -1.67. The molecule has 1 nitrogen and oxygen atoms in total. The molecular weight excluding hydrogens is 225 g/mol. The van der Waals surface area contributed by atoms with Gasteiger partial charge in [0.25, 0.3) is 0 Å². The highest BCUT2D eigenvalue weighted by molar-refractivity contribution is 5.16. The Morgan fingerprint density at radius 3 is 2.00 bits per heavy atom. The maximum Gasteiger partial charge on any atom is 0.117 e. The minimum Gasteiger partial charge on any atom is -0.310 e. The Morgan fingerprint density at radius 1 is 0.833 bits per heavy atom. The van der Waals surface area contributed by atoms with Gasteiger partial charge in [0, 0.05) is 19.5 Å². The molecule has 0 spiro atoms. The van der Waals surface area contributed by atoms with Crippen LogP contribution in [0, 0.1) is 0 Å². The first kappa shape index (κ1) is 12.8. The molecule has 0 aliphatic rings. The number of alkyl halides is 1. The van der Waals surface area contributed by atoms with E-state index in [4.69, 9.17) is 0 Å². The first-order valence-electron chi connectivity index (χ1n) is 6.27. The summed E-state index contributed by atoms with van der Waals surface area (Å²) in [5.41, 5.74) is 2.23. The van der Waals surface area contributed by atoms with Gasteiger partial charge in [0.1, 0.15) is 6.17 Å². The molecule has 2 heteroatoms. The Balaban J connectivity index is 1.71. The van der Waals surface area contributed by atoms with Gasteiger partial charge in [0.05, 0.1) is 0 Å². The van der Waals surface area contributed by atoms with Crippen molar-refractivity contribution in [2.24, 2.45) is 0 Å². The molecule has 0 radical (unpaired) electrons. The lowest BCUT2D eigenvalue weighted by Crippen LogP contribution is -2.25. The molecule has 0 aromatic heterocycles. The van der Waals surface area contributed by atoms with Crippen LogP contribution in [0.15, 0.2) is 60.7 Å². The third-order valence-electron chi connectivity index (χ3n) is 2.84. The van der Waals surface area contributed by atoms with E-state index < -0.39 is 6.17 Å². The van der Waals surface area contributed by atoms with Crippen molar-refractivity contribution in [1.82, 2.24) is 5.32 Å². The quantitative estimate of drug-likeness (QED) is 0.820. The van der Waals surface area contributed by atoms with Crippen LogP contribution in [0.25, 0.3) is 0 Å². The molecule has 1 N–H and O–H groups in total. The summed E-state index contributed by atoms with van der Waals surface area (Å²) < 4.78 is 13.7. The van der Waals surface area contributed by atoms with Gasteiger partial charge in [-0.05, 0) is 11.1 Å². The first-order valence-corrected chi connectivity index (χ1v) is 6.27. The van der Waals surface area contributed by atoms with E-state index in [1.807, 2.05) is 60.7 Å². The summed E-state index contributed by atoms with van der Waals surface area (Å²) >= 11 is 0. The first-order chi connectivity index (χ1) is 8.84. The summed E-state index contributed by atoms with van der Waals surface area (Å²) in [4.78, 5) is 0. The number of nitrogens with one attached hydrogen (secondary N) is 1. The topological polar surface area (TPSA) is 12.0 Å². The van der Waals surface area contributed by atoms with Crippen molar-refractivity contribution in [3.05, 3.63) is 71.8 Å². The van der Waals surface area contributed by atoms with Crippen LogP contribution in [-0.4, -0.2) is 12.7 Å². The second kappa shape index (κ2) is 6.92. The number of hydrogen-bond donors (Lipinski definition) is 1. The van der Waals surface area contributed by atoms with Gasteiger partial charge in [-0.1, -0.05) is 60.7 Å². The Labute approximate surface area is 108 Å². The van der Waals surface area contributed by atoms with Crippen molar-refractivity contribution in [3.8, 4) is 0 Å². The average Bonchev–Trinajstić information content (AvgIpc) is 2.41. The maximum absolute atomic E-state index is 13.7. The monoisotopic (exact) mass is 243 g/mol. The average molecular weight is 243 g/mol. The van der Waals surface area contributed by atoms with Gasteiger partial charge in [-0.25, -0.2) is 4.39 Å². The molecule has 94 valence electrons. The number of hydrogen-bond acceptors (Lipinski definition) is 1. The van der Waals surface area contributed by atoms with Crippen molar-refractivity contribution in [2.45, 2.75) is 19.1 Å². The molecule has 2 rings (SSSR count). The van der Waals surface area contributed by atoms with E-state index in [1.165, 1.54) is 5.56 Å². The molecule has 0 saturated heterocycles. The molecule has 1 atom stereocenters. The van der Waals surface area contributed by atoms with Crippen LogP contribution < -0.4 is 5.32 Å². The zero-order chi connectivity index (χ0) is 12.6. The van der Waals surface area contributed by atoms with Gasteiger partial charge in [-0.2, -0.15) is 0 Å². The minimum atomic E-state index is -0.837. The largest absolute Gasteiger partial charge is 0.310 e. The normalized spacial score (nSPS) is 12.3. The zero-order valence-electron chi connectivity index (χ0n) is 10.4. The molecular formula is C16H18FN. The Bertz CT molecular complexity index is 441. The summed E-state index contributed by atoms with van der Waals surface area (Å²) in [7, 11) is 0. The molecule has 1 unspecified atom stereocenters. The number of rotatable bonds is 6. The Kier molecular flexibility index (Phi) is 4.91. The van der Waals surface area contributed by atoms with Crippen LogP contribution in [-0.2, 0) is 13.0 Å². The van der Waals surface area contributed by atoms with Crippen molar-refractivity contribution >= 4 is 0 Å². The molecule has 2 aromatic rings. The molecule has 18 heavy (non-hydrogen) atoms. The predicted octanol–water partition coefficient (Wildman–Crippen LogP) is 3.36. The zero-order valence-corrected chi connectivity index (χ0v) is 10.4. The lowest BCUT2D eigenvalue weighted by molar-refractivity contribution is 0.317. The molecule has 0 fully saturated rings. The maximum atomic E-state index is 13.7. The van der Waals surface area contributed by atoms with Gasteiger partial charge < -0.3 is 5.32 Å². The van der Waals surface area contributed by atoms with Gasteiger partial charge in [-0.3, -0.25) is 0 Å². The molecule has 0 aliphatic heterocycles. The van der Waals surface area contributed by atoms with E-state index in [-0.39, 0.29) is 0 Å². The molecule has 0 amide bonds. The van der Waals surface area contributed by atoms with Crippen molar-refractivity contribution < 1.29 is 4.39 Å². The molecule has 0 aliphatic carbocycles. The standard InChI is InChI=1S/C16H18FN/c17-16(11-14-7-3-1-4-8-14)13-18-12-15-9-5-2-6-10-15/h1-10,16,18H,11-13H2. The van der Waals surface area contributed by atoms with E-state index in [9.17, 15) is 4.39 Å². The van der Waals surface area contributed by atoms with Crippen LogP contribution in [0.4, 0.5) is 4.39 Å². The molecule has 0 heterocycles. The second-order valence-electron chi connectivity index (χ2n) is 4.40. The second-order valence-corrected chi connectivity index (χ2v) is 4.40. The highest BCUT2D eigenvalue weighted by Gasteiger charge is 2.06. The van der Waals surface area contributed by atoms with Crippen molar-refractivity contribution in [3.63, 3.8) is 0 Å². The van der Waals surface area contributed by atoms with E-state index in [2.05, 4.69) is 5.32 Å². The van der Waals surface area contributed by atoms with E-state index in [0.29, 0.717) is 13.0 Å². The third-order valence-corrected chi connectivity index (χ3v) is 2.84. The van der Waals surface area contributed by atoms with Gasteiger partial charge in [0.15, 0.2) is 0 Å². The Morgan fingerprint density at radius 2 is 1.39 bits per heavy atom. The summed E-state index contributed by atoms with van der Waals surface area (Å²) in [6.07, 6.45) is -0.362. The van der Waals surface area contributed by atoms with E-state index >= 15 is 0 Å². The predicted molar refractivity (Wildman–Crippen MR) is 73.2 cm³/mol. The fraction of sp³-hybridized carbons (Fsp3) is 0.250. The van der Waals surface area contributed by atoms with Crippen LogP contribution >= 0.6 is 0 Å². The summed E-state index contributed by atoms with van der Waals surface area (Å²) in [5.74, 6) is 0. The molecule has 0 bridgehead atoms. The SMILES string of the molecule is FC(CNCc1ccccc1)Cc1ccccc1. The molecule has 2 aromatic carbocycles. The van der Waals surface area contributed by atoms with Crippen LogP contribution in [0.2, 0.25) is 0 Å². The number of benzene rings is 2. The highest BCUT2D eigenvalue weighted by Crippen LogP contribution is 2.05. The highest BCUT2D eigenvalue weighted by atomic mass is 19.1. The van der Waals surface area contributed by atoms with Crippen LogP contribution in [0.5, 0.6) is 0 Å². The van der Waals surface area contributed by atoms with E-state index in [1.54, 1.807) is 0 Å². The fourth-order valence-corrected chi connectivity index (χ4v) is 1.91. The van der Waals surface area contributed by atoms with Gasteiger partial charge in [-0.15, -0.1) is 0 Å². The minimum absolute atomic E-state index is 0.393. The van der Waals surface area contributed by atoms with Crippen LogP contribution in [0.1, 0.15) is 11.1 Å². The fourth-order valence-electron chi connectivity index (χ4n) is 1.91. The van der Waals surface area contributed by atoms with Gasteiger partial charge >= 0.3 is 0 Å².